The minimum absolute atomic E-state index is 0.0181. The van der Waals surface area contributed by atoms with E-state index in [1.165, 1.54) is 24.2 Å². The van der Waals surface area contributed by atoms with Gasteiger partial charge in [0.15, 0.2) is 12.5 Å². The van der Waals surface area contributed by atoms with Crippen LogP contribution in [0.1, 0.15) is 59.8 Å². The number of thiophene rings is 1. The van der Waals surface area contributed by atoms with Crippen molar-refractivity contribution in [2.45, 2.75) is 58.2 Å². The van der Waals surface area contributed by atoms with Crippen LogP contribution < -0.4 is 21.3 Å². The lowest BCUT2D eigenvalue weighted by molar-refractivity contribution is -0.117. The fourth-order valence-corrected chi connectivity index (χ4v) is 5.10. The van der Waals surface area contributed by atoms with Crippen LogP contribution in [0.15, 0.2) is 5.10 Å². The molecule has 1 aromatic heterocycles. The van der Waals surface area contributed by atoms with Gasteiger partial charge in [-0.1, -0.05) is 6.92 Å². The standard InChI is InChI=1S/C22H31N7O2S/c1-3-24-22(26-12-23)29(2)28-15-8-9-17-16(10-15)18(20(31)25-11-13-4-5-13)21(32-17)27-19(30)14-6-7-14/h13-14,22,24,26H,3-11H2,1-2H3,(H,25,31)(H,27,30)/b28-15-. The number of hydrogen-bond acceptors (Lipinski definition) is 8. The van der Waals surface area contributed by atoms with Crippen LogP contribution in [0.4, 0.5) is 5.00 Å². The maximum Gasteiger partial charge on any atom is 0.254 e. The Hall–Kier alpha value is -2.64. The lowest BCUT2D eigenvalue weighted by Crippen LogP contribution is -2.50. The summed E-state index contributed by atoms with van der Waals surface area (Å²) in [5.41, 5.74) is 2.53. The first kappa shape index (κ1) is 22.6. The number of amides is 2. The quantitative estimate of drug-likeness (QED) is 0.184. The van der Waals surface area contributed by atoms with Gasteiger partial charge in [-0.05, 0) is 56.6 Å². The summed E-state index contributed by atoms with van der Waals surface area (Å²) in [5, 5.41) is 28.1. The van der Waals surface area contributed by atoms with Crippen LogP contribution >= 0.6 is 11.3 Å². The SMILES string of the molecule is CCNC(NC#N)N(C)/N=C1/CCc2sc(NC(=O)C3CC3)c(C(=O)NCC3CC3)c2C1. The number of nitriles is 1. The van der Waals surface area contributed by atoms with Crippen LogP contribution in [0.5, 0.6) is 0 Å². The number of anilines is 1. The monoisotopic (exact) mass is 457 g/mol. The number of nitrogens with one attached hydrogen (secondary N) is 4. The average Bonchev–Trinajstić information content (AvgIpc) is 3.68. The van der Waals surface area contributed by atoms with Crippen molar-refractivity contribution in [1.29, 1.82) is 5.26 Å². The molecule has 0 saturated heterocycles. The van der Waals surface area contributed by atoms with Crippen molar-refractivity contribution < 1.29 is 9.59 Å². The second-order valence-electron chi connectivity index (χ2n) is 8.76. The molecule has 10 heteroatoms. The van der Waals surface area contributed by atoms with Gasteiger partial charge in [-0.2, -0.15) is 10.4 Å². The molecule has 2 saturated carbocycles. The third-order valence-electron chi connectivity index (χ3n) is 6.04. The van der Waals surface area contributed by atoms with Gasteiger partial charge in [0.1, 0.15) is 5.00 Å². The summed E-state index contributed by atoms with van der Waals surface area (Å²) >= 11 is 1.53. The number of aryl methyl sites for hydroxylation is 1. The van der Waals surface area contributed by atoms with E-state index in [0.717, 1.165) is 41.8 Å². The number of fused-ring (bicyclic) bond motifs is 1. The Bertz CT molecular complexity index is 943. The molecule has 9 nitrogen and oxygen atoms in total. The van der Waals surface area contributed by atoms with Gasteiger partial charge < -0.3 is 10.6 Å². The van der Waals surface area contributed by atoms with Gasteiger partial charge in [0.05, 0.1) is 5.56 Å². The zero-order chi connectivity index (χ0) is 22.7. The smallest absolute Gasteiger partial charge is 0.254 e. The van der Waals surface area contributed by atoms with Crippen LogP contribution in [0, 0.1) is 23.3 Å². The molecule has 32 heavy (non-hydrogen) atoms. The van der Waals surface area contributed by atoms with Gasteiger partial charge in [0, 0.05) is 36.5 Å². The average molecular weight is 458 g/mol. The second-order valence-corrected chi connectivity index (χ2v) is 9.86. The summed E-state index contributed by atoms with van der Waals surface area (Å²) < 4.78 is 0. The number of hydrazone groups is 1. The van der Waals surface area contributed by atoms with Crippen LogP contribution in [-0.2, 0) is 17.6 Å². The Morgan fingerprint density at radius 2 is 2.06 bits per heavy atom. The molecule has 4 N–H and O–H groups in total. The van der Waals surface area contributed by atoms with Crippen molar-refractivity contribution in [3.63, 3.8) is 0 Å². The molecule has 3 aliphatic carbocycles. The van der Waals surface area contributed by atoms with Crippen molar-refractivity contribution in [2.24, 2.45) is 16.9 Å². The minimum atomic E-state index is -0.393. The molecule has 172 valence electrons. The lowest BCUT2D eigenvalue weighted by atomic mass is 9.93. The lowest BCUT2D eigenvalue weighted by Gasteiger charge is -2.26. The highest BCUT2D eigenvalue weighted by Crippen LogP contribution is 2.39. The molecule has 1 aromatic rings. The van der Waals surface area contributed by atoms with Gasteiger partial charge >= 0.3 is 0 Å². The van der Waals surface area contributed by atoms with E-state index in [1.807, 2.05) is 20.2 Å². The molecule has 3 aliphatic rings. The molecule has 2 fully saturated rings. The highest BCUT2D eigenvalue weighted by atomic mass is 32.1. The molecular formula is C22H31N7O2S. The summed E-state index contributed by atoms with van der Waals surface area (Å²) in [6.07, 6.45) is 7.87. The summed E-state index contributed by atoms with van der Waals surface area (Å²) in [6, 6.07) is 0. The predicted octanol–water partition coefficient (Wildman–Crippen LogP) is 1.98. The number of nitrogens with zero attached hydrogens (tertiary/aromatic N) is 3. The van der Waals surface area contributed by atoms with Crippen LogP contribution in [0.3, 0.4) is 0 Å². The first-order valence-corrected chi connectivity index (χ1v) is 12.2. The molecule has 0 spiro atoms. The predicted molar refractivity (Wildman–Crippen MR) is 124 cm³/mol. The second kappa shape index (κ2) is 9.88. The van der Waals surface area contributed by atoms with E-state index in [0.29, 0.717) is 36.0 Å². The Labute approximate surface area is 192 Å². The van der Waals surface area contributed by atoms with Crippen molar-refractivity contribution >= 4 is 33.9 Å². The van der Waals surface area contributed by atoms with E-state index >= 15 is 0 Å². The number of rotatable bonds is 10. The number of carbonyl (C=O) groups is 2. The molecule has 1 atom stereocenters. The minimum Gasteiger partial charge on any atom is -0.352 e. The maximum atomic E-state index is 13.1. The molecule has 4 rings (SSSR count). The Morgan fingerprint density at radius 1 is 1.28 bits per heavy atom. The van der Waals surface area contributed by atoms with Crippen molar-refractivity contribution in [3.05, 3.63) is 16.0 Å². The summed E-state index contributed by atoms with van der Waals surface area (Å²) in [4.78, 5) is 26.7. The summed E-state index contributed by atoms with van der Waals surface area (Å²) in [6.45, 7) is 3.35. The van der Waals surface area contributed by atoms with Crippen LogP contribution in [0.25, 0.3) is 0 Å². The molecule has 1 unspecified atom stereocenters. The molecule has 0 bridgehead atoms. The highest BCUT2D eigenvalue weighted by Gasteiger charge is 2.34. The van der Waals surface area contributed by atoms with Gasteiger partial charge in [0.25, 0.3) is 5.91 Å². The number of hydrogen-bond donors (Lipinski definition) is 4. The normalized spacial score (nSPS) is 19.6. The zero-order valence-corrected chi connectivity index (χ0v) is 19.5. The maximum absolute atomic E-state index is 13.1. The Kier molecular flexibility index (Phi) is 6.96. The zero-order valence-electron chi connectivity index (χ0n) is 18.7. The largest absolute Gasteiger partial charge is 0.352 e. The van der Waals surface area contributed by atoms with Crippen molar-refractivity contribution in [1.82, 2.24) is 21.0 Å². The summed E-state index contributed by atoms with van der Waals surface area (Å²) in [5.74, 6) is 0.577. The van der Waals surface area contributed by atoms with Crippen LogP contribution in [-0.4, -0.2) is 49.0 Å². The van der Waals surface area contributed by atoms with Gasteiger partial charge in [0.2, 0.25) is 5.91 Å². The molecular weight excluding hydrogens is 426 g/mol. The van der Waals surface area contributed by atoms with E-state index in [4.69, 9.17) is 10.4 Å². The van der Waals surface area contributed by atoms with Gasteiger partial charge in [-0.15, -0.1) is 11.3 Å². The Morgan fingerprint density at radius 3 is 2.72 bits per heavy atom. The fraction of sp³-hybridized carbons (Fsp3) is 0.636. The molecule has 0 aromatic carbocycles. The first-order chi connectivity index (χ1) is 15.5. The van der Waals surface area contributed by atoms with Crippen LogP contribution in [0.2, 0.25) is 0 Å². The van der Waals surface area contributed by atoms with E-state index in [9.17, 15) is 9.59 Å². The van der Waals surface area contributed by atoms with E-state index in [2.05, 4.69) is 21.3 Å². The number of carbonyl (C=O) groups excluding carboxylic acids is 2. The fourth-order valence-electron chi connectivity index (χ4n) is 3.88. The molecule has 1 heterocycles. The van der Waals surface area contributed by atoms with Gasteiger partial charge in [-0.25, -0.2) is 0 Å². The van der Waals surface area contributed by atoms with E-state index < -0.39 is 6.29 Å². The van der Waals surface area contributed by atoms with E-state index in [1.54, 1.807) is 5.01 Å². The summed E-state index contributed by atoms with van der Waals surface area (Å²) in [7, 11) is 1.82. The first-order valence-electron chi connectivity index (χ1n) is 11.4. The van der Waals surface area contributed by atoms with Crippen molar-refractivity contribution in [2.75, 3.05) is 25.5 Å². The molecule has 0 aliphatic heterocycles. The Balaban J connectivity index is 1.56. The van der Waals surface area contributed by atoms with E-state index in [-0.39, 0.29) is 17.7 Å². The molecule has 0 radical (unpaired) electrons. The third-order valence-corrected chi connectivity index (χ3v) is 7.25. The topological polar surface area (TPSA) is 122 Å². The van der Waals surface area contributed by atoms with Crippen molar-refractivity contribution in [3.8, 4) is 6.19 Å². The van der Waals surface area contributed by atoms with Gasteiger partial charge in [-0.3, -0.25) is 25.2 Å². The molecule has 2 amide bonds. The third kappa shape index (κ3) is 5.40. The highest BCUT2D eigenvalue weighted by molar-refractivity contribution is 7.17.